The van der Waals surface area contributed by atoms with Gasteiger partial charge in [-0.2, -0.15) is 0 Å². The summed E-state index contributed by atoms with van der Waals surface area (Å²) in [6.45, 7) is 3.94. The van der Waals surface area contributed by atoms with Crippen molar-refractivity contribution < 1.29 is 13.2 Å². The molecule has 122 valence electrons. The molecular weight excluding hydrogens is 302 g/mol. The third-order valence-electron chi connectivity index (χ3n) is 4.55. The summed E-state index contributed by atoms with van der Waals surface area (Å²) >= 11 is 0. The van der Waals surface area contributed by atoms with Gasteiger partial charge in [0.15, 0.2) is 0 Å². The zero-order valence-corrected chi connectivity index (χ0v) is 13.7. The van der Waals surface area contributed by atoms with Crippen LogP contribution in [0.2, 0.25) is 0 Å². The van der Waals surface area contributed by atoms with Crippen molar-refractivity contribution in [2.75, 3.05) is 32.5 Å². The quantitative estimate of drug-likeness (QED) is 0.830. The van der Waals surface area contributed by atoms with E-state index in [0.29, 0.717) is 12.5 Å². The lowest BCUT2D eigenvalue weighted by molar-refractivity contribution is -0.137. The summed E-state index contributed by atoms with van der Waals surface area (Å²) in [6.07, 6.45) is 4.87. The minimum Gasteiger partial charge on any atom is -0.372 e. The van der Waals surface area contributed by atoms with Gasteiger partial charge in [0.1, 0.15) is 0 Å². The molecule has 7 heteroatoms. The van der Waals surface area contributed by atoms with Gasteiger partial charge in [0, 0.05) is 39.0 Å². The zero-order valence-electron chi connectivity index (χ0n) is 12.9. The van der Waals surface area contributed by atoms with E-state index in [-0.39, 0.29) is 5.60 Å². The third-order valence-corrected chi connectivity index (χ3v) is 5.28. The molecule has 6 nitrogen and oxygen atoms in total. The summed E-state index contributed by atoms with van der Waals surface area (Å²) in [5.41, 5.74) is 0.999. The van der Waals surface area contributed by atoms with Crippen molar-refractivity contribution in [3.05, 3.63) is 30.1 Å². The fourth-order valence-electron chi connectivity index (χ4n) is 3.50. The van der Waals surface area contributed by atoms with Gasteiger partial charge in [0.2, 0.25) is 10.0 Å². The van der Waals surface area contributed by atoms with Crippen LogP contribution < -0.4 is 4.72 Å². The first-order chi connectivity index (χ1) is 10.5. The number of hydrogen-bond donors (Lipinski definition) is 1. The number of hydrogen-bond acceptors (Lipinski definition) is 5. The van der Waals surface area contributed by atoms with Crippen molar-refractivity contribution >= 4 is 10.0 Å². The van der Waals surface area contributed by atoms with Crippen LogP contribution in [-0.4, -0.2) is 56.4 Å². The molecule has 0 radical (unpaired) electrons. The van der Waals surface area contributed by atoms with E-state index in [0.717, 1.165) is 44.8 Å². The van der Waals surface area contributed by atoms with E-state index in [1.54, 1.807) is 0 Å². The molecule has 0 aliphatic carbocycles. The van der Waals surface area contributed by atoms with Gasteiger partial charge in [0.25, 0.3) is 0 Å². The van der Waals surface area contributed by atoms with Crippen LogP contribution in [0.3, 0.4) is 0 Å². The number of nitrogens with one attached hydrogen (secondary N) is 1. The maximum Gasteiger partial charge on any atom is 0.208 e. The van der Waals surface area contributed by atoms with Crippen LogP contribution in [0.5, 0.6) is 0 Å². The Labute approximate surface area is 131 Å². The topological polar surface area (TPSA) is 71.5 Å². The molecule has 2 saturated heterocycles. The molecular formula is C15H23N3O3S. The van der Waals surface area contributed by atoms with Crippen molar-refractivity contribution in [3.63, 3.8) is 0 Å². The van der Waals surface area contributed by atoms with Gasteiger partial charge in [-0.3, -0.25) is 9.88 Å². The Bertz CT molecular complexity index is 600. The second kappa shape index (κ2) is 6.23. The molecule has 3 rings (SSSR count). The Morgan fingerprint density at radius 1 is 1.45 bits per heavy atom. The van der Waals surface area contributed by atoms with E-state index in [4.69, 9.17) is 4.74 Å². The largest absolute Gasteiger partial charge is 0.372 e. The van der Waals surface area contributed by atoms with E-state index in [1.165, 1.54) is 6.26 Å². The molecule has 1 aromatic rings. The lowest BCUT2D eigenvalue weighted by atomic mass is 9.79. The lowest BCUT2D eigenvalue weighted by Crippen LogP contribution is -2.64. The Balaban J connectivity index is 1.50. The van der Waals surface area contributed by atoms with E-state index < -0.39 is 10.0 Å². The smallest absolute Gasteiger partial charge is 0.208 e. The number of likely N-dealkylation sites (tertiary alicyclic amines) is 1. The van der Waals surface area contributed by atoms with Crippen LogP contribution in [0, 0.1) is 5.92 Å². The molecule has 1 atom stereocenters. The van der Waals surface area contributed by atoms with Crippen molar-refractivity contribution in [2.45, 2.75) is 25.0 Å². The summed E-state index contributed by atoms with van der Waals surface area (Å²) in [5.74, 6) is 0.432. The molecule has 0 aromatic carbocycles. The van der Waals surface area contributed by atoms with Gasteiger partial charge >= 0.3 is 0 Å². The predicted molar refractivity (Wildman–Crippen MR) is 83.8 cm³/mol. The number of ether oxygens (including phenoxy) is 1. The molecule has 22 heavy (non-hydrogen) atoms. The van der Waals surface area contributed by atoms with E-state index in [2.05, 4.69) is 14.6 Å². The molecule has 1 spiro atoms. The summed E-state index contributed by atoms with van der Waals surface area (Å²) in [5, 5.41) is 0. The monoisotopic (exact) mass is 325 g/mol. The summed E-state index contributed by atoms with van der Waals surface area (Å²) in [4.78, 5) is 6.69. The molecule has 0 bridgehead atoms. The van der Waals surface area contributed by atoms with Crippen LogP contribution in [0.25, 0.3) is 0 Å². The fraction of sp³-hybridized carbons (Fsp3) is 0.667. The Hall–Kier alpha value is -1.02. The van der Waals surface area contributed by atoms with Crippen LogP contribution in [0.1, 0.15) is 18.5 Å². The van der Waals surface area contributed by atoms with Gasteiger partial charge in [-0.1, -0.05) is 6.07 Å². The maximum absolute atomic E-state index is 11.1. The normalized spacial score (nSPS) is 24.5. The summed E-state index contributed by atoms with van der Waals surface area (Å²) in [6, 6.07) is 5.96. The van der Waals surface area contributed by atoms with Crippen LogP contribution >= 0.6 is 0 Å². The summed E-state index contributed by atoms with van der Waals surface area (Å²) in [7, 11) is -3.10. The van der Waals surface area contributed by atoms with E-state index in [9.17, 15) is 8.42 Å². The first-order valence-electron chi connectivity index (χ1n) is 7.68. The summed E-state index contributed by atoms with van der Waals surface area (Å²) < 4.78 is 30.9. The molecule has 3 heterocycles. The average molecular weight is 325 g/mol. The second-order valence-corrected chi connectivity index (χ2v) is 8.15. The van der Waals surface area contributed by atoms with Crippen LogP contribution in [0.4, 0.5) is 0 Å². The molecule has 2 fully saturated rings. The van der Waals surface area contributed by atoms with Gasteiger partial charge < -0.3 is 4.74 Å². The molecule has 0 unspecified atom stereocenters. The van der Waals surface area contributed by atoms with Crippen LogP contribution in [0.15, 0.2) is 24.4 Å². The molecule has 1 aromatic heterocycles. The van der Waals surface area contributed by atoms with Crippen molar-refractivity contribution in [2.24, 2.45) is 5.92 Å². The average Bonchev–Trinajstić information content (AvgIpc) is 2.82. The number of sulfonamides is 1. The first kappa shape index (κ1) is 15.9. The SMILES string of the molecule is CS(=O)(=O)NCC[C@H]1CCOC12CN(Cc1ccccn1)C2. The van der Waals surface area contributed by atoms with Gasteiger partial charge in [-0.15, -0.1) is 0 Å². The zero-order chi connectivity index (χ0) is 15.6. The van der Waals surface area contributed by atoms with Gasteiger partial charge in [-0.05, 0) is 30.9 Å². The minimum absolute atomic E-state index is 0.0754. The van der Waals surface area contributed by atoms with Crippen molar-refractivity contribution in [1.29, 1.82) is 0 Å². The number of rotatable bonds is 6. The Kier molecular flexibility index (Phi) is 4.49. The number of aromatic nitrogens is 1. The van der Waals surface area contributed by atoms with Gasteiger partial charge in [-0.25, -0.2) is 13.1 Å². The molecule has 0 amide bonds. The highest BCUT2D eigenvalue weighted by atomic mass is 32.2. The van der Waals surface area contributed by atoms with Gasteiger partial charge in [0.05, 0.1) is 17.6 Å². The second-order valence-electron chi connectivity index (χ2n) is 6.32. The Morgan fingerprint density at radius 3 is 2.95 bits per heavy atom. The highest BCUT2D eigenvalue weighted by Gasteiger charge is 2.52. The molecule has 1 N–H and O–H groups in total. The predicted octanol–water partition coefficient (Wildman–Crippen LogP) is 0.612. The molecule has 2 aliphatic heterocycles. The maximum atomic E-state index is 11.1. The minimum atomic E-state index is -3.10. The standard InChI is InChI=1S/C15H23N3O3S/c1-22(19,20)17-8-5-13-6-9-21-15(13)11-18(12-15)10-14-4-2-3-7-16-14/h2-4,7,13,17H,5-6,8-12H2,1H3/t13-/m0/s1. The Morgan fingerprint density at radius 2 is 2.27 bits per heavy atom. The van der Waals surface area contributed by atoms with E-state index >= 15 is 0 Å². The van der Waals surface area contributed by atoms with E-state index in [1.807, 2.05) is 24.4 Å². The lowest BCUT2D eigenvalue weighted by Gasteiger charge is -2.50. The molecule has 0 saturated carbocycles. The number of nitrogens with zero attached hydrogens (tertiary/aromatic N) is 2. The van der Waals surface area contributed by atoms with Crippen LogP contribution in [-0.2, 0) is 21.3 Å². The molecule has 2 aliphatic rings. The van der Waals surface area contributed by atoms with Crippen molar-refractivity contribution in [3.8, 4) is 0 Å². The fourth-order valence-corrected chi connectivity index (χ4v) is 3.99. The highest BCUT2D eigenvalue weighted by Crippen LogP contribution is 2.41. The van der Waals surface area contributed by atoms with Crippen molar-refractivity contribution in [1.82, 2.24) is 14.6 Å². The number of pyridine rings is 1. The first-order valence-corrected chi connectivity index (χ1v) is 9.57. The highest BCUT2D eigenvalue weighted by molar-refractivity contribution is 7.88. The third kappa shape index (κ3) is 3.65.